The van der Waals surface area contributed by atoms with Crippen molar-refractivity contribution in [2.24, 2.45) is 5.92 Å². The number of hydrogen-bond donors (Lipinski definition) is 1. The van der Waals surface area contributed by atoms with Crippen LogP contribution in [-0.4, -0.2) is 52.4 Å². The van der Waals surface area contributed by atoms with E-state index in [2.05, 4.69) is 39.1 Å². The molecule has 0 bridgehead atoms. The van der Waals surface area contributed by atoms with Gasteiger partial charge in [0.25, 0.3) is 11.5 Å². The normalized spacial score (nSPS) is 15.9. The lowest BCUT2D eigenvalue weighted by Gasteiger charge is -2.33. The summed E-state index contributed by atoms with van der Waals surface area (Å²) >= 11 is 0. The number of amides is 1. The molecule has 0 radical (unpaired) electrons. The van der Waals surface area contributed by atoms with Gasteiger partial charge in [0.15, 0.2) is 0 Å². The summed E-state index contributed by atoms with van der Waals surface area (Å²) in [6.07, 6.45) is 4.75. The van der Waals surface area contributed by atoms with E-state index in [9.17, 15) is 9.59 Å². The van der Waals surface area contributed by atoms with Crippen molar-refractivity contribution in [3.05, 3.63) is 64.3 Å². The number of piperidine rings is 1. The maximum atomic E-state index is 12.4. The third-order valence-corrected chi connectivity index (χ3v) is 4.78. The van der Waals surface area contributed by atoms with Crippen LogP contribution in [0.4, 0.5) is 0 Å². The van der Waals surface area contributed by atoms with Crippen molar-refractivity contribution in [3.8, 4) is 0 Å². The van der Waals surface area contributed by atoms with Gasteiger partial charge in [-0.3, -0.25) is 14.5 Å². The summed E-state index contributed by atoms with van der Waals surface area (Å²) in [7, 11) is 1.76. The van der Waals surface area contributed by atoms with Gasteiger partial charge in [-0.05, 0) is 37.4 Å². The Morgan fingerprint density at radius 3 is 2.68 bits per heavy atom. The summed E-state index contributed by atoms with van der Waals surface area (Å²) in [5.41, 5.74) is 1.06. The first kappa shape index (κ1) is 17.4. The molecule has 0 atom stereocenters. The molecule has 3 rings (SSSR count). The first-order valence-corrected chi connectivity index (χ1v) is 8.68. The number of benzene rings is 1. The summed E-state index contributed by atoms with van der Waals surface area (Å²) < 4.78 is 0. The van der Waals surface area contributed by atoms with E-state index in [4.69, 9.17) is 0 Å². The van der Waals surface area contributed by atoms with Crippen molar-refractivity contribution in [3.63, 3.8) is 0 Å². The highest BCUT2D eigenvalue weighted by Crippen LogP contribution is 2.20. The van der Waals surface area contributed by atoms with E-state index in [1.807, 2.05) is 6.07 Å². The van der Waals surface area contributed by atoms with Crippen molar-refractivity contribution in [1.29, 1.82) is 0 Å². The summed E-state index contributed by atoms with van der Waals surface area (Å²) in [6.45, 7) is 3.73. The number of rotatable bonds is 5. The molecule has 1 N–H and O–H groups in total. The second-order valence-electron chi connectivity index (χ2n) is 6.69. The van der Waals surface area contributed by atoms with Gasteiger partial charge >= 0.3 is 0 Å². The van der Waals surface area contributed by atoms with E-state index in [0.29, 0.717) is 12.5 Å². The number of carbonyl (C=O) groups is 1. The van der Waals surface area contributed by atoms with Crippen molar-refractivity contribution < 1.29 is 4.79 Å². The number of H-pyrrole nitrogens is 1. The van der Waals surface area contributed by atoms with Crippen LogP contribution in [0.3, 0.4) is 0 Å². The number of likely N-dealkylation sites (tertiary alicyclic amines) is 1. The molecule has 6 heteroatoms. The molecule has 1 aliphatic heterocycles. The number of aromatic nitrogens is 2. The average Bonchev–Trinajstić information content (AvgIpc) is 2.64. The van der Waals surface area contributed by atoms with Crippen molar-refractivity contribution in [2.75, 3.05) is 26.7 Å². The molecule has 1 amide bonds. The molecule has 1 fully saturated rings. The van der Waals surface area contributed by atoms with E-state index < -0.39 is 0 Å². The van der Waals surface area contributed by atoms with Gasteiger partial charge in [-0.15, -0.1) is 0 Å². The van der Waals surface area contributed by atoms with Gasteiger partial charge in [-0.25, -0.2) is 4.98 Å². The van der Waals surface area contributed by atoms with Gasteiger partial charge in [0, 0.05) is 26.3 Å². The van der Waals surface area contributed by atoms with Crippen LogP contribution in [-0.2, 0) is 6.54 Å². The lowest BCUT2D eigenvalue weighted by atomic mass is 9.95. The first-order chi connectivity index (χ1) is 12.1. The standard InChI is InChI=1S/C19H24N4O2/c1-22(19(25)17-11-20-14-21-18(17)24)12-16-7-9-23(10-8-16)13-15-5-3-2-4-6-15/h2-6,11,14,16H,7-10,12-13H2,1H3,(H,20,21,24). The van der Waals surface area contributed by atoms with Gasteiger partial charge in [-0.2, -0.15) is 0 Å². The molecule has 25 heavy (non-hydrogen) atoms. The van der Waals surface area contributed by atoms with Crippen LogP contribution in [0.2, 0.25) is 0 Å². The minimum Gasteiger partial charge on any atom is -0.341 e. The molecular weight excluding hydrogens is 316 g/mol. The second kappa shape index (κ2) is 8.07. The first-order valence-electron chi connectivity index (χ1n) is 8.68. The number of nitrogens with one attached hydrogen (secondary N) is 1. The van der Waals surface area contributed by atoms with Crippen molar-refractivity contribution >= 4 is 5.91 Å². The Labute approximate surface area is 147 Å². The fraction of sp³-hybridized carbons (Fsp3) is 0.421. The highest BCUT2D eigenvalue weighted by Gasteiger charge is 2.23. The highest BCUT2D eigenvalue weighted by atomic mass is 16.2. The summed E-state index contributed by atoms with van der Waals surface area (Å²) in [5, 5.41) is 0. The second-order valence-corrected chi connectivity index (χ2v) is 6.69. The Morgan fingerprint density at radius 1 is 1.28 bits per heavy atom. The third kappa shape index (κ3) is 4.54. The van der Waals surface area contributed by atoms with Gasteiger partial charge in [-0.1, -0.05) is 30.3 Å². The van der Waals surface area contributed by atoms with E-state index in [1.54, 1.807) is 11.9 Å². The van der Waals surface area contributed by atoms with Gasteiger partial charge in [0.2, 0.25) is 0 Å². The Morgan fingerprint density at radius 2 is 2.00 bits per heavy atom. The molecule has 1 aromatic heterocycles. The molecule has 1 saturated heterocycles. The van der Waals surface area contributed by atoms with Crippen LogP contribution in [0.15, 0.2) is 47.7 Å². The molecule has 2 aromatic rings. The molecular formula is C19H24N4O2. The molecule has 0 spiro atoms. The molecule has 6 nitrogen and oxygen atoms in total. The molecule has 1 aromatic carbocycles. The lowest BCUT2D eigenvalue weighted by Crippen LogP contribution is -2.40. The van der Waals surface area contributed by atoms with Crippen LogP contribution in [0.1, 0.15) is 28.8 Å². The van der Waals surface area contributed by atoms with Crippen LogP contribution >= 0.6 is 0 Å². The Balaban J connectivity index is 1.49. The number of nitrogens with zero attached hydrogens (tertiary/aromatic N) is 3. The number of carbonyl (C=O) groups excluding carboxylic acids is 1. The molecule has 0 unspecified atom stereocenters. The third-order valence-electron chi connectivity index (χ3n) is 4.78. The van der Waals surface area contributed by atoms with Crippen LogP contribution < -0.4 is 5.56 Å². The quantitative estimate of drug-likeness (QED) is 0.900. The fourth-order valence-corrected chi connectivity index (χ4v) is 3.34. The number of hydrogen-bond acceptors (Lipinski definition) is 4. The molecule has 0 saturated carbocycles. The summed E-state index contributed by atoms with van der Waals surface area (Å²) in [5.74, 6) is 0.206. The van der Waals surface area contributed by atoms with Gasteiger partial charge in [0.05, 0.1) is 6.33 Å². The van der Waals surface area contributed by atoms with E-state index in [0.717, 1.165) is 32.5 Å². The Kier molecular flexibility index (Phi) is 5.60. The zero-order chi connectivity index (χ0) is 17.6. The molecule has 0 aliphatic carbocycles. The maximum Gasteiger partial charge on any atom is 0.263 e. The van der Waals surface area contributed by atoms with E-state index >= 15 is 0 Å². The Hall–Kier alpha value is -2.47. The predicted octanol–water partition coefficient (Wildman–Crippen LogP) is 1.75. The minimum absolute atomic E-state index is 0.103. The van der Waals surface area contributed by atoms with Crippen LogP contribution in [0, 0.1) is 5.92 Å². The van der Waals surface area contributed by atoms with Gasteiger partial charge in [0.1, 0.15) is 5.56 Å². The van der Waals surface area contributed by atoms with Gasteiger partial charge < -0.3 is 9.88 Å². The number of aromatic amines is 1. The van der Waals surface area contributed by atoms with Crippen molar-refractivity contribution in [2.45, 2.75) is 19.4 Å². The molecule has 132 valence electrons. The van der Waals surface area contributed by atoms with E-state index in [-0.39, 0.29) is 17.0 Å². The smallest absolute Gasteiger partial charge is 0.263 e. The monoisotopic (exact) mass is 340 g/mol. The lowest BCUT2D eigenvalue weighted by molar-refractivity contribution is 0.0735. The van der Waals surface area contributed by atoms with E-state index in [1.165, 1.54) is 18.1 Å². The largest absolute Gasteiger partial charge is 0.341 e. The SMILES string of the molecule is CN(CC1CCN(Cc2ccccc2)CC1)C(=O)c1cnc[nH]c1=O. The maximum absolute atomic E-state index is 12.4. The average molecular weight is 340 g/mol. The van der Waals surface area contributed by atoms with Crippen LogP contribution in [0.5, 0.6) is 0 Å². The topological polar surface area (TPSA) is 69.3 Å². The summed E-state index contributed by atoms with van der Waals surface area (Å²) in [4.78, 5) is 34.5. The molecule has 2 heterocycles. The molecule has 1 aliphatic rings. The van der Waals surface area contributed by atoms with Crippen molar-refractivity contribution in [1.82, 2.24) is 19.8 Å². The predicted molar refractivity (Wildman–Crippen MR) is 96.3 cm³/mol. The summed E-state index contributed by atoms with van der Waals surface area (Å²) in [6, 6.07) is 10.5. The fourth-order valence-electron chi connectivity index (χ4n) is 3.34. The Bertz CT molecular complexity index is 751. The van der Waals surface area contributed by atoms with Crippen LogP contribution in [0.25, 0.3) is 0 Å². The zero-order valence-corrected chi connectivity index (χ0v) is 14.5. The minimum atomic E-state index is -0.385. The zero-order valence-electron chi connectivity index (χ0n) is 14.5. The highest BCUT2D eigenvalue weighted by molar-refractivity contribution is 5.93.